The van der Waals surface area contributed by atoms with Crippen molar-refractivity contribution in [2.45, 2.75) is 19.8 Å². The zero-order valence-electron chi connectivity index (χ0n) is 10.7. The Kier molecular flexibility index (Phi) is 4.07. The molecule has 3 nitrogen and oxygen atoms in total. The number of halogens is 1. The van der Waals surface area contributed by atoms with Gasteiger partial charge in [-0.25, -0.2) is 0 Å². The summed E-state index contributed by atoms with van der Waals surface area (Å²) in [5.41, 5.74) is 2.30. The van der Waals surface area contributed by atoms with Crippen LogP contribution in [-0.2, 0) is 4.79 Å². The van der Waals surface area contributed by atoms with E-state index in [-0.39, 0.29) is 11.8 Å². The molecular formula is C14H18BrNO2. The van der Waals surface area contributed by atoms with Crippen molar-refractivity contribution < 1.29 is 9.90 Å². The SMILES string of the molecule is CCN1CC(C(=O)O)C(c2ccc(C)cc2Br)C1. The summed E-state index contributed by atoms with van der Waals surface area (Å²) in [5, 5.41) is 9.36. The third kappa shape index (κ3) is 2.59. The monoisotopic (exact) mass is 311 g/mol. The fraction of sp³-hybridized carbons (Fsp3) is 0.500. The minimum atomic E-state index is -0.691. The van der Waals surface area contributed by atoms with Gasteiger partial charge in [0.05, 0.1) is 5.92 Å². The van der Waals surface area contributed by atoms with Gasteiger partial charge in [-0.15, -0.1) is 0 Å². The Morgan fingerprint density at radius 2 is 2.22 bits per heavy atom. The molecule has 1 saturated heterocycles. The largest absolute Gasteiger partial charge is 0.481 e. The van der Waals surface area contributed by atoms with Crippen LogP contribution >= 0.6 is 15.9 Å². The Morgan fingerprint density at radius 3 is 2.78 bits per heavy atom. The fourth-order valence-electron chi connectivity index (χ4n) is 2.64. The average Bonchev–Trinajstić information content (AvgIpc) is 2.73. The second kappa shape index (κ2) is 5.41. The molecule has 1 aromatic rings. The highest BCUT2D eigenvalue weighted by molar-refractivity contribution is 9.10. The third-order valence-electron chi connectivity index (χ3n) is 3.72. The molecule has 0 spiro atoms. The maximum Gasteiger partial charge on any atom is 0.308 e. The summed E-state index contributed by atoms with van der Waals surface area (Å²) in [6.45, 7) is 6.50. The van der Waals surface area contributed by atoms with Crippen molar-refractivity contribution in [1.29, 1.82) is 0 Å². The Bertz CT molecular complexity index is 461. The number of likely N-dealkylation sites (N-methyl/N-ethyl adjacent to an activating group) is 1. The number of hydrogen-bond donors (Lipinski definition) is 1. The Morgan fingerprint density at radius 1 is 1.50 bits per heavy atom. The van der Waals surface area contributed by atoms with E-state index >= 15 is 0 Å². The predicted molar refractivity (Wildman–Crippen MR) is 74.9 cm³/mol. The minimum absolute atomic E-state index is 0.0809. The first kappa shape index (κ1) is 13.6. The minimum Gasteiger partial charge on any atom is -0.481 e. The van der Waals surface area contributed by atoms with E-state index in [1.54, 1.807) is 0 Å². The van der Waals surface area contributed by atoms with Gasteiger partial charge in [-0.05, 0) is 30.7 Å². The molecule has 2 rings (SSSR count). The van der Waals surface area contributed by atoms with Crippen LogP contribution in [0, 0.1) is 12.8 Å². The van der Waals surface area contributed by atoms with Crippen LogP contribution < -0.4 is 0 Å². The highest BCUT2D eigenvalue weighted by Crippen LogP contribution is 2.36. The lowest BCUT2D eigenvalue weighted by Gasteiger charge is -2.17. The summed E-state index contributed by atoms with van der Waals surface area (Å²) in [6.07, 6.45) is 0. The zero-order valence-corrected chi connectivity index (χ0v) is 12.3. The highest BCUT2D eigenvalue weighted by Gasteiger charge is 2.38. The number of rotatable bonds is 3. The molecule has 1 aliphatic rings. The van der Waals surface area contributed by atoms with Gasteiger partial charge in [0.15, 0.2) is 0 Å². The lowest BCUT2D eigenvalue weighted by Crippen LogP contribution is -2.23. The smallest absolute Gasteiger partial charge is 0.308 e. The number of aryl methyl sites for hydroxylation is 1. The van der Waals surface area contributed by atoms with Gasteiger partial charge in [0.1, 0.15) is 0 Å². The maximum atomic E-state index is 11.4. The Hall–Kier alpha value is -0.870. The topological polar surface area (TPSA) is 40.5 Å². The van der Waals surface area contributed by atoms with Crippen molar-refractivity contribution in [2.75, 3.05) is 19.6 Å². The van der Waals surface area contributed by atoms with Crippen molar-refractivity contribution in [3.63, 3.8) is 0 Å². The first-order valence-electron chi connectivity index (χ1n) is 6.24. The Balaban J connectivity index is 2.32. The molecule has 1 aromatic carbocycles. The number of likely N-dealkylation sites (tertiary alicyclic amines) is 1. The first-order chi connectivity index (χ1) is 8.52. The number of aliphatic carboxylic acids is 1. The molecule has 1 heterocycles. The predicted octanol–water partition coefficient (Wildman–Crippen LogP) is 2.88. The number of hydrogen-bond acceptors (Lipinski definition) is 2. The van der Waals surface area contributed by atoms with E-state index in [0.29, 0.717) is 6.54 Å². The van der Waals surface area contributed by atoms with Crippen LogP contribution in [0.3, 0.4) is 0 Å². The number of carbonyl (C=O) groups is 1. The molecule has 98 valence electrons. The summed E-state index contributed by atoms with van der Waals surface area (Å²) in [4.78, 5) is 13.6. The Labute approximate surface area is 116 Å². The van der Waals surface area contributed by atoms with Crippen molar-refractivity contribution >= 4 is 21.9 Å². The van der Waals surface area contributed by atoms with Crippen LogP contribution in [-0.4, -0.2) is 35.6 Å². The molecule has 0 bridgehead atoms. The second-order valence-corrected chi connectivity index (χ2v) is 5.78. The summed E-state index contributed by atoms with van der Waals surface area (Å²) in [6, 6.07) is 6.16. The second-order valence-electron chi connectivity index (χ2n) is 4.93. The fourth-order valence-corrected chi connectivity index (χ4v) is 3.43. The number of benzene rings is 1. The molecule has 2 atom stereocenters. The van der Waals surface area contributed by atoms with Gasteiger partial charge in [0, 0.05) is 23.5 Å². The van der Waals surface area contributed by atoms with E-state index < -0.39 is 5.97 Å². The number of carboxylic acid groups (broad SMARTS) is 1. The van der Waals surface area contributed by atoms with Gasteiger partial charge in [-0.3, -0.25) is 4.79 Å². The van der Waals surface area contributed by atoms with E-state index in [1.807, 2.05) is 13.0 Å². The van der Waals surface area contributed by atoms with Crippen LogP contribution in [0.25, 0.3) is 0 Å². The number of carboxylic acids is 1. The quantitative estimate of drug-likeness (QED) is 0.933. The van der Waals surface area contributed by atoms with E-state index in [0.717, 1.165) is 23.1 Å². The van der Waals surface area contributed by atoms with Crippen LogP contribution in [0.1, 0.15) is 24.0 Å². The van der Waals surface area contributed by atoms with Crippen LogP contribution in [0.4, 0.5) is 0 Å². The van der Waals surface area contributed by atoms with E-state index in [1.165, 1.54) is 5.56 Å². The third-order valence-corrected chi connectivity index (χ3v) is 4.40. The van der Waals surface area contributed by atoms with Crippen LogP contribution in [0.15, 0.2) is 22.7 Å². The lowest BCUT2D eigenvalue weighted by molar-refractivity contribution is -0.141. The van der Waals surface area contributed by atoms with Crippen molar-refractivity contribution in [1.82, 2.24) is 4.90 Å². The molecule has 18 heavy (non-hydrogen) atoms. The average molecular weight is 312 g/mol. The molecule has 0 aromatic heterocycles. The molecule has 0 amide bonds. The van der Waals surface area contributed by atoms with Crippen molar-refractivity contribution in [3.8, 4) is 0 Å². The van der Waals surface area contributed by atoms with Crippen LogP contribution in [0.5, 0.6) is 0 Å². The molecule has 1 fully saturated rings. The van der Waals surface area contributed by atoms with Gasteiger partial charge in [0.2, 0.25) is 0 Å². The molecule has 1 aliphatic heterocycles. The summed E-state index contributed by atoms with van der Waals surface area (Å²) in [5.74, 6) is -0.912. The molecule has 2 unspecified atom stereocenters. The zero-order chi connectivity index (χ0) is 13.3. The van der Waals surface area contributed by atoms with Gasteiger partial charge in [-0.1, -0.05) is 35.0 Å². The van der Waals surface area contributed by atoms with Crippen molar-refractivity contribution in [2.24, 2.45) is 5.92 Å². The molecule has 1 N–H and O–H groups in total. The van der Waals surface area contributed by atoms with E-state index in [4.69, 9.17) is 0 Å². The summed E-state index contributed by atoms with van der Waals surface area (Å²) >= 11 is 3.56. The lowest BCUT2D eigenvalue weighted by atomic mass is 9.88. The van der Waals surface area contributed by atoms with Gasteiger partial charge in [0.25, 0.3) is 0 Å². The standard InChI is InChI=1S/C14H18BrNO2/c1-3-16-7-11(12(8-16)14(17)18)10-5-4-9(2)6-13(10)15/h4-6,11-12H,3,7-8H2,1-2H3,(H,17,18). The van der Waals surface area contributed by atoms with Gasteiger partial charge >= 0.3 is 5.97 Å². The number of nitrogens with zero attached hydrogens (tertiary/aromatic N) is 1. The molecule has 0 aliphatic carbocycles. The summed E-state index contributed by atoms with van der Waals surface area (Å²) in [7, 11) is 0. The normalized spacial score (nSPS) is 24.4. The summed E-state index contributed by atoms with van der Waals surface area (Å²) < 4.78 is 1.02. The van der Waals surface area contributed by atoms with E-state index in [2.05, 4.69) is 39.9 Å². The molecule has 0 radical (unpaired) electrons. The maximum absolute atomic E-state index is 11.4. The van der Waals surface area contributed by atoms with Gasteiger partial charge in [-0.2, -0.15) is 0 Å². The van der Waals surface area contributed by atoms with Crippen molar-refractivity contribution in [3.05, 3.63) is 33.8 Å². The van der Waals surface area contributed by atoms with E-state index in [9.17, 15) is 9.90 Å². The molecule has 4 heteroatoms. The molecule has 0 saturated carbocycles. The molecular weight excluding hydrogens is 294 g/mol. The first-order valence-corrected chi connectivity index (χ1v) is 7.03. The highest BCUT2D eigenvalue weighted by atomic mass is 79.9. The van der Waals surface area contributed by atoms with Crippen LogP contribution in [0.2, 0.25) is 0 Å². The van der Waals surface area contributed by atoms with Gasteiger partial charge < -0.3 is 10.0 Å².